The van der Waals surface area contributed by atoms with Crippen LogP contribution in [0.2, 0.25) is 5.02 Å². The number of amides is 4. The van der Waals surface area contributed by atoms with Gasteiger partial charge in [-0.15, -0.1) is 0 Å². The predicted molar refractivity (Wildman–Crippen MR) is 451 cm³/mol. The third-order valence-electron chi connectivity index (χ3n) is 25.4. The summed E-state index contributed by atoms with van der Waals surface area (Å²) < 4.78 is 36.4. The second-order valence-corrected chi connectivity index (χ2v) is 32.9. The van der Waals surface area contributed by atoms with Crippen molar-refractivity contribution in [1.29, 1.82) is 5.26 Å². The van der Waals surface area contributed by atoms with Crippen molar-refractivity contribution in [3.8, 4) is 29.1 Å². The van der Waals surface area contributed by atoms with E-state index in [1.807, 2.05) is 85.1 Å². The Balaban J connectivity index is 0.000000107. The third-order valence-corrected chi connectivity index (χ3v) is 25.6. The molecule has 4 saturated heterocycles. The Morgan fingerprint density at radius 2 is 0.733 bits per heavy atom. The Bertz CT molecular complexity index is 5000. The minimum absolute atomic E-state index is 0.0886. The van der Waals surface area contributed by atoms with Crippen LogP contribution in [-0.4, -0.2) is 204 Å². The van der Waals surface area contributed by atoms with Crippen LogP contribution in [0.3, 0.4) is 0 Å². The summed E-state index contributed by atoms with van der Waals surface area (Å²) >= 11 is 5.91. The van der Waals surface area contributed by atoms with Crippen molar-refractivity contribution in [2.45, 2.75) is 99.2 Å². The summed E-state index contributed by atoms with van der Waals surface area (Å²) in [7, 11) is 0. The van der Waals surface area contributed by atoms with Gasteiger partial charge in [-0.3, -0.25) is 24.2 Å². The smallest absolute Gasteiger partial charge is 0.243 e. The molecule has 4 N–H and O–H groups in total. The molecule has 0 bridgehead atoms. The molecule has 4 amide bonds. The zero-order chi connectivity index (χ0) is 78.8. The number of halogens is 2. The molecular formula is C92H98ClFN14O8. The van der Waals surface area contributed by atoms with Crippen LogP contribution in [0.25, 0.3) is 10.9 Å². The van der Waals surface area contributed by atoms with Crippen molar-refractivity contribution in [1.82, 2.24) is 24.6 Å². The number of nitrogens with one attached hydrogen (secondary N) is 4. The molecule has 0 radical (unpaired) electrons. The Kier molecular flexibility index (Phi) is 22.4. The number of para-hydroxylation sites is 5. The number of carbonyl (C=O) groups excluding carboxylic acids is 4. The molecule has 598 valence electrons. The van der Waals surface area contributed by atoms with Gasteiger partial charge in [-0.05, 0) is 183 Å². The average molecular weight is 1580 g/mol. The Labute approximate surface area is 681 Å². The zero-order valence-corrected chi connectivity index (χ0v) is 66.0. The largest absolute Gasteiger partial charge is 0.494 e. The minimum atomic E-state index is -0.245. The second kappa shape index (κ2) is 34.1. The molecule has 1 aromatic heterocycles. The highest BCUT2D eigenvalue weighted by molar-refractivity contribution is 6.30. The Morgan fingerprint density at radius 1 is 0.405 bits per heavy atom. The average Bonchev–Trinajstić information content (AvgIpc) is 1.60. The van der Waals surface area contributed by atoms with Gasteiger partial charge < -0.3 is 79.4 Å². The first-order valence-electron chi connectivity index (χ1n) is 41.4. The van der Waals surface area contributed by atoms with E-state index >= 15 is 0 Å². The summed E-state index contributed by atoms with van der Waals surface area (Å²) in [5.74, 6) is 5.27. The van der Waals surface area contributed by atoms with Gasteiger partial charge in [-0.1, -0.05) is 78.3 Å². The highest BCUT2D eigenvalue weighted by Gasteiger charge is 2.50. The van der Waals surface area contributed by atoms with E-state index < -0.39 is 0 Å². The molecule has 12 aliphatic heterocycles. The molecule has 9 aromatic rings. The maximum atomic E-state index is 12.9. The van der Waals surface area contributed by atoms with Gasteiger partial charge in [-0.25, -0.2) is 4.39 Å². The van der Waals surface area contributed by atoms with Crippen molar-refractivity contribution in [2.75, 3.05) is 172 Å². The van der Waals surface area contributed by atoms with Crippen LogP contribution in [0.4, 0.5) is 49.9 Å². The molecule has 13 heterocycles. The van der Waals surface area contributed by atoms with Crippen LogP contribution in [0.1, 0.15) is 103 Å². The number of benzene rings is 8. The van der Waals surface area contributed by atoms with Crippen LogP contribution >= 0.6 is 11.6 Å². The Morgan fingerprint density at radius 3 is 1.09 bits per heavy atom. The van der Waals surface area contributed by atoms with Crippen LogP contribution < -0.4 is 59.8 Å². The molecule has 4 fully saturated rings. The fraction of sp³-hybridized carbons (Fsp3) is 0.391. The topological polar surface area (TPSA) is 216 Å². The first-order chi connectivity index (χ1) is 56.9. The van der Waals surface area contributed by atoms with Gasteiger partial charge in [0.05, 0.1) is 110 Å². The van der Waals surface area contributed by atoms with Crippen LogP contribution in [0.15, 0.2) is 182 Å². The minimum Gasteiger partial charge on any atom is -0.494 e. The van der Waals surface area contributed by atoms with Crippen LogP contribution in [0.5, 0.6) is 23.0 Å². The monoisotopic (exact) mass is 1580 g/mol. The lowest BCUT2D eigenvalue weighted by molar-refractivity contribution is -0.116. The van der Waals surface area contributed by atoms with Crippen molar-refractivity contribution in [3.05, 3.63) is 221 Å². The van der Waals surface area contributed by atoms with Gasteiger partial charge in [0.1, 0.15) is 34.3 Å². The molecule has 8 aromatic carbocycles. The molecule has 21 rings (SSSR count). The normalized spacial score (nSPS) is 22.7. The molecule has 22 nitrogen and oxygen atoms in total. The van der Waals surface area contributed by atoms with Gasteiger partial charge in [0.15, 0.2) is 0 Å². The number of hydrogen-bond acceptors (Lipinski definition) is 18. The number of piperidine rings is 4. The summed E-state index contributed by atoms with van der Waals surface area (Å²) in [6.07, 6.45) is 10.1. The highest BCUT2D eigenvalue weighted by Crippen LogP contribution is 2.54. The van der Waals surface area contributed by atoms with E-state index in [4.69, 9.17) is 35.8 Å². The molecule has 0 saturated carbocycles. The third kappa shape index (κ3) is 16.1. The highest BCUT2D eigenvalue weighted by atomic mass is 35.5. The maximum Gasteiger partial charge on any atom is 0.243 e. The van der Waals surface area contributed by atoms with Gasteiger partial charge in [0, 0.05) is 143 Å². The summed E-state index contributed by atoms with van der Waals surface area (Å²) in [4.78, 5) is 72.3. The lowest BCUT2D eigenvalue weighted by atomic mass is 9.89. The summed E-state index contributed by atoms with van der Waals surface area (Å²) in [6.45, 7) is 17.0. The molecule has 0 aliphatic carbocycles. The summed E-state index contributed by atoms with van der Waals surface area (Å²) in [5, 5.41) is 22.8. The number of carbonyl (C=O) groups is 4. The second-order valence-electron chi connectivity index (χ2n) is 32.4. The lowest BCUT2D eigenvalue weighted by Crippen LogP contribution is -2.49. The van der Waals surface area contributed by atoms with E-state index in [2.05, 4.69) is 132 Å². The number of nitriles is 1. The molecule has 24 heteroatoms. The van der Waals surface area contributed by atoms with E-state index in [9.17, 15) is 23.6 Å². The van der Waals surface area contributed by atoms with Gasteiger partial charge in [-0.2, -0.15) is 5.26 Å². The standard InChI is InChI=1S/C25H26N4O2.C23H24N4O2.C22H24ClN3O2.C22H24FN3O2/c30-23-16-29-21-10-13-28(15-19(21)18-7-2-8-20(27-23)25(18)29)12-4-14-31-22-9-1-5-17-6-3-11-26-24(17)22;24-13-16-5-7-17(8-6-16)29-12-2-10-26-11-9-21-19(14-26)18-3-1-4-20-23(18)27(21)15-22(28)25-20;2*23-15-5-7-16(8-6-15)28-12-2-10-25-11-9-20-18(13-25)17-3-1-4-19-22(17)26(20)14-21(27)24-19/h1-3,5-9,11,19,21H,4,10,12-16H2,(H,27,30);1,3-8,19,21H,2,9-12,14-15H2,(H,25,28);2*1,3-8,18,20H,2,9-14H2,(H,24,27)/t2*19-,21-;2*18-,20-/m0000/s1. The van der Waals surface area contributed by atoms with Gasteiger partial charge >= 0.3 is 0 Å². The number of rotatable bonds is 20. The SMILES string of the molecule is N#Cc1ccc(OCCCN2CC[C@H]3[C@@H](C2)c2cccc4c2N3CC(=O)N4)cc1.O=C1CN2c3c(cccc3[C@@H]3CN(CCCOc4ccc(Cl)cc4)CC[C@@H]32)N1.O=C1CN2c3c(cccc3[C@@H]3CN(CCCOc4ccc(F)cc4)CC[C@@H]32)N1.O=C1CN2c3c(cccc3[C@@H]3CN(CCCOc4cccc5cccnc45)CC[C@@H]32)N1. The van der Waals surface area contributed by atoms with E-state index in [0.29, 0.717) is 112 Å². The fourth-order valence-corrected chi connectivity index (χ4v) is 20.4. The van der Waals surface area contributed by atoms with E-state index in [1.165, 1.54) is 57.1 Å². The number of fused-ring (bicyclic) bond motifs is 13. The summed E-state index contributed by atoms with van der Waals surface area (Å²) in [5.41, 5.74) is 16.0. The number of ether oxygens (including phenoxy) is 4. The molecule has 0 spiro atoms. The first-order valence-corrected chi connectivity index (χ1v) is 41.8. The number of hydrogen-bond donors (Lipinski definition) is 4. The Hall–Kier alpha value is -11.0. The molecule has 116 heavy (non-hydrogen) atoms. The number of nitrogens with zero attached hydrogens (tertiary/aromatic N) is 10. The van der Waals surface area contributed by atoms with Crippen LogP contribution in [-0.2, 0) is 19.2 Å². The van der Waals surface area contributed by atoms with E-state index in [1.54, 1.807) is 24.3 Å². The molecule has 12 aliphatic rings. The van der Waals surface area contributed by atoms with Crippen molar-refractivity contribution in [2.24, 2.45) is 0 Å². The predicted octanol–water partition coefficient (Wildman–Crippen LogP) is 13.6. The molecule has 8 atom stereocenters. The van der Waals surface area contributed by atoms with E-state index in [-0.39, 0.29) is 29.4 Å². The van der Waals surface area contributed by atoms with Crippen molar-refractivity contribution >= 4 is 91.6 Å². The zero-order valence-electron chi connectivity index (χ0n) is 65.2. The summed E-state index contributed by atoms with van der Waals surface area (Å²) in [6, 6.07) is 60.2. The van der Waals surface area contributed by atoms with Crippen molar-refractivity contribution < 1.29 is 42.5 Å². The number of pyridine rings is 1. The number of aromatic nitrogens is 1. The maximum absolute atomic E-state index is 12.9. The van der Waals surface area contributed by atoms with Gasteiger partial charge in [0.25, 0.3) is 0 Å². The first kappa shape index (κ1) is 76.3. The number of likely N-dealkylation sites (tertiary alicyclic amines) is 4. The number of anilines is 8. The molecular weight excluding hydrogens is 1480 g/mol. The fourth-order valence-electron chi connectivity index (χ4n) is 20.3. The van der Waals surface area contributed by atoms with Gasteiger partial charge in [0.2, 0.25) is 23.6 Å². The lowest BCUT2D eigenvalue weighted by Gasteiger charge is -2.39. The van der Waals surface area contributed by atoms with Crippen molar-refractivity contribution in [3.63, 3.8) is 0 Å². The quantitative estimate of drug-likeness (QED) is 0.0522. The van der Waals surface area contributed by atoms with Crippen LogP contribution in [0, 0.1) is 17.1 Å². The van der Waals surface area contributed by atoms with E-state index in [0.717, 1.165) is 186 Å². The molecule has 0 unspecified atom stereocenters.